The molecule has 0 radical (unpaired) electrons. The number of rotatable bonds is 6. The fourth-order valence-electron chi connectivity index (χ4n) is 3.40. The molecule has 0 aliphatic carbocycles. The Morgan fingerprint density at radius 2 is 2.00 bits per heavy atom. The summed E-state index contributed by atoms with van der Waals surface area (Å²) in [5, 5.41) is 10.7. The first-order chi connectivity index (χ1) is 12.1. The molecule has 3 rings (SSSR count). The van der Waals surface area contributed by atoms with Crippen molar-refractivity contribution in [3.05, 3.63) is 47.8 Å². The minimum absolute atomic E-state index is 0.0295. The quantitative estimate of drug-likeness (QED) is 0.842. The van der Waals surface area contributed by atoms with Gasteiger partial charge >= 0.3 is 0 Å². The predicted octanol–water partition coefficient (Wildman–Crippen LogP) is 1.93. The summed E-state index contributed by atoms with van der Waals surface area (Å²) in [7, 11) is 1.72. The number of aromatic nitrogens is 2. The highest BCUT2D eigenvalue weighted by Gasteiger charge is 2.32. The minimum Gasteiger partial charge on any atom is -0.384 e. The molecule has 134 valence electrons. The number of hydrogen-bond donors (Lipinski definition) is 2. The molecule has 0 bridgehead atoms. The van der Waals surface area contributed by atoms with Crippen LogP contribution in [0, 0.1) is 12.3 Å². The number of carbonyl (C=O) groups excluding carboxylic acids is 1. The zero-order valence-electron chi connectivity index (χ0n) is 14.9. The maximum Gasteiger partial charge on any atom is 0.251 e. The van der Waals surface area contributed by atoms with E-state index in [9.17, 15) is 4.79 Å². The van der Waals surface area contributed by atoms with Crippen molar-refractivity contribution in [3.63, 3.8) is 0 Å². The first-order valence-electron chi connectivity index (χ1n) is 8.72. The van der Waals surface area contributed by atoms with Gasteiger partial charge in [0, 0.05) is 36.5 Å². The summed E-state index contributed by atoms with van der Waals surface area (Å²) in [6.45, 7) is 5.25. The van der Waals surface area contributed by atoms with Crippen LogP contribution in [0.15, 0.2) is 36.5 Å². The number of piperidine rings is 1. The third-order valence-electron chi connectivity index (χ3n) is 4.94. The van der Waals surface area contributed by atoms with Gasteiger partial charge in [-0.05, 0) is 63.2 Å². The van der Waals surface area contributed by atoms with Crippen molar-refractivity contribution < 1.29 is 9.53 Å². The summed E-state index contributed by atoms with van der Waals surface area (Å²) < 4.78 is 7.25. The molecule has 1 aliphatic heterocycles. The molecule has 2 N–H and O–H groups in total. The van der Waals surface area contributed by atoms with Gasteiger partial charge in [-0.25, -0.2) is 4.68 Å². The number of benzene rings is 1. The van der Waals surface area contributed by atoms with Crippen LogP contribution < -0.4 is 10.6 Å². The zero-order chi connectivity index (χ0) is 17.7. The van der Waals surface area contributed by atoms with Gasteiger partial charge in [-0.1, -0.05) is 0 Å². The van der Waals surface area contributed by atoms with Crippen LogP contribution in [0.4, 0.5) is 0 Å². The number of methoxy groups -OCH3 is 1. The summed E-state index contributed by atoms with van der Waals surface area (Å²) in [5.41, 5.74) is 2.70. The van der Waals surface area contributed by atoms with Crippen LogP contribution in [-0.4, -0.2) is 49.0 Å². The number of aryl methyl sites for hydroxylation is 1. The van der Waals surface area contributed by atoms with E-state index in [0.717, 1.165) is 37.3 Å². The Kier molecular flexibility index (Phi) is 5.50. The number of hydrogen-bond acceptors (Lipinski definition) is 4. The van der Waals surface area contributed by atoms with Crippen molar-refractivity contribution in [2.24, 2.45) is 5.41 Å². The summed E-state index contributed by atoms with van der Waals surface area (Å²) in [6, 6.07) is 9.48. The van der Waals surface area contributed by atoms with E-state index in [1.165, 1.54) is 0 Å². The molecule has 1 aromatic carbocycles. The Balaban J connectivity index is 1.64. The fraction of sp³-hybridized carbons (Fsp3) is 0.474. The maximum absolute atomic E-state index is 12.5. The Morgan fingerprint density at radius 1 is 1.28 bits per heavy atom. The van der Waals surface area contributed by atoms with Crippen LogP contribution in [0.1, 0.15) is 28.9 Å². The highest BCUT2D eigenvalue weighted by Crippen LogP contribution is 2.28. The van der Waals surface area contributed by atoms with Crippen LogP contribution in [0.25, 0.3) is 5.69 Å². The Morgan fingerprint density at radius 3 is 2.60 bits per heavy atom. The largest absolute Gasteiger partial charge is 0.384 e. The van der Waals surface area contributed by atoms with Gasteiger partial charge < -0.3 is 15.4 Å². The summed E-state index contributed by atoms with van der Waals surface area (Å²) in [6.07, 6.45) is 3.79. The molecule has 25 heavy (non-hydrogen) atoms. The fourth-order valence-corrected chi connectivity index (χ4v) is 3.40. The second kappa shape index (κ2) is 7.80. The number of nitrogens with zero attached hydrogens (tertiary/aromatic N) is 2. The molecule has 1 amide bonds. The lowest BCUT2D eigenvalue weighted by molar-refractivity contribution is 0.0512. The standard InChI is InChI=1S/C19H26N4O2/c1-15-7-10-22-23(15)17-5-3-16(4-6-17)18(24)21-13-19(14-25-2)8-11-20-12-9-19/h3-7,10,20H,8-9,11-14H2,1-2H3,(H,21,24). The van der Waals surface area contributed by atoms with Gasteiger partial charge in [-0.15, -0.1) is 0 Å². The monoisotopic (exact) mass is 342 g/mol. The van der Waals surface area contributed by atoms with E-state index < -0.39 is 0 Å². The van der Waals surface area contributed by atoms with Gasteiger partial charge in [-0.2, -0.15) is 5.10 Å². The molecule has 2 aromatic rings. The van der Waals surface area contributed by atoms with Crippen LogP contribution in [0.5, 0.6) is 0 Å². The van der Waals surface area contributed by atoms with E-state index in [1.54, 1.807) is 13.3 Å². The van der Waals surface area contributed by atoms with Crippen LogP contribution in [0.2, 0.25) is 0 Å². The van der Waals surface area contributed by atoms with Crippen LogP contribution in [-0.2, 0) is 4.74 Å². The molecule has 6 nitrogen and oxygen atoms in total. The van der Waals surface area contributed by atoms with Crippen LogP contribution in [0.3, 0.4) is 0 Å². The molecule has 0 atom stereocenters. The van der Waals surface area contributed by atoms with Gasteiger partial charge in [0.05, 0.1) is 12.3 Å². The Labute approximate surface area is 148 Å². The van der Waals surface area contributed by atoms with Crippen molar-refractivity contribution >= 4 is 5.91 Å². The van der Waals surface area contributed by atoms with Crippen molar-refractivity contribution in [1.82, 2.24) is 20.4 Å². The van der Waals surface area contributed by atoms with Crippen LogP contribution >= 0.6 is 0 Å². The Bertz CT molecular complexity index is 697. The highest BCUT2D eigenvalue weighted by atomic mass is 16.5. The summed E-state index contributed by atoms with van der Waals surface area (Å²) in [5.74, 6) is -0.0438. The lowest BCUT2D eigenvalue weighted by atomic mass is 9.79. The predicted molar refractivity (Wildman–Crippen MR) is 97.0 cm³/mol. The lowest BCUT2D eigenvalue weighted by Gasteiger charge is -2.37. The van der Waals surface area contributed by atoms with Crippen molar-refractivity contribution in [2.75, 3.05) is 33.4 Å². The number of nitrogens with one attached hydrogen (secondary N) is 2. The average molecular weight is 342 g/mol. The van der Waals surface area contributed by atoms with E-state index in [1.807, 2.05) is 41.9 Å². The van der Waals surface area contributed by atoms with E-state index in [0.29, 0.717) is 18.7 Å². The molecule has 0 saturated carbocycles. The van der Waals surface area contributed by atoms with Gasteiger partial charge in [0.1, 0.15) is 0 Å². The molecule has 1 fully saturated rings. The van der Waals surface area contributed by atoms with Gasteiger partial charge in [0.2, 0.25) is 0 Å². The second-order valence-electron chi connectivity index (χ2n) is 6.80. The molecule has 1 aliphatic rings. The smallest absolute Gasteiger partial charge is 0.251 e. The van der Waals surface area contributed by atoms with Gasteiger partial charge in [0.25, 0.3) is 5.91 Å². The molecular weight excluding hydrogens is 316 g/mol. The van der Waals surface area contributed by atoms with E-state index in [4.69, 9.17) is 4.74 Å². The average Bonchev–Trinajstić information content (AvgIpc) is 3.07. The van der Waals surface area contributed by atoms with Gasteiger partial charge in [0.15, 0.2) is 0 Å². The first kappa shape index (κ1) is 17.6. The number of ether oxygens (including phenoxy) is 1. The summed E-state index contributed by atoms with van der Waals surface area (Å²) >= 11 is 0. The molecule has 0 unspecified atom stereocenters. The lowest BCUT2D eigenvalue weighted by Crippen LogP contribution is -2.47. The Hall–Kier alpha value is -2.18. The normalized spacial score (nSPS) is 16.6. The molecule has 6 heteroatoms. The van der Waals surface area contributed by atoms with Gasteiger partial charge in [-0.3, -0.25) is 4.79 Å². The third kappa shape index (κ3) is 4.08. The van der Waals surface area contributed by atoms with Crippen molar-refractivity contribution in [2.45, 2.75) is 19.8 Å². The molecule has 1 aromatic heterocycles. The zero-order valence-corrected chi connectivity index (χ0v) is 14.9. The number of amides is 1. The second-order valence-corrected chi connectivity index (χ2v) is 6.80. The molecule has 0 spiro atoms. The third-order valence-corrected chi connectivity index (χ3v) is 4.94. The van der Waals surface area contributed by atoms with E-state index in [2.05, 4.69) is 15.7 Å². The maximum atomic E-state index is 12.5. The molecule has 1 saturated heterocycles. The first-order valence-corrected chi connectivity index (χ1v) is 8.72. The summed E-state index contributed by atoms with van der Waals surface area (Å²) in [4.78, 5) is 12.5. The van der Waals surface area contributed by atoms with Crippen molar-refractivity contribution in [3.8, 4) is 5.69 Å². The molecular formula is C19H26N4O2. The van der Waals surface area contributed by atoms with E-state index in [-0.39, 0.29) is 11.3 Å². The minimum atomic E-state index is -0.0438. The van der Waals surface area contributed by atoms with E-state index >= 15 is 0 Å². The van der Waals surface area contributed by atoms with Crippen molar-refractivity contribution in [1.29, 1.82) is 0 Å². The highest BCUT2D eigenvalue weighted by molar-refractivity contribution is 5.94. The number of carbonyl (C=O) groups is 1. The topological polar surface area (TPSA) is 68.2 Å². The molecule has 2 heterocycles. The SMILES string of the molecule is COCC1(CNC(=O)c2ccc(-n3nccc3C)cc2)CCNCC1.